The van der Waals surface area contributed by atoms with Gasteiger partial charge in [0.05, 0.1) is 17.6 Å². The van der Waals surface area contributed by atoms with Crippen LogP contribution in [0.15, 0.2) is 54.6 Å². The number of hydrogen-bond donors (Lipinski definition) is 1. The minimum Gasteiger partial charge on any atom is -0.482 e. The van der Waals surface area contributed by atoms with Gasteiger partial charge in [0, 0.05) is 27.7 Å². The number of benzene rings is 3. The van der Waals surface area contributed by atoms with Crippen molar-refractivity contribution in [2.45, 2.75) is 66.2 Å². The third-order valence-corrected chi connectivity index (χ3v) is 7.56. The molecular formula is C32H34ClFN2O3. The predicted molar refractivity (Wildman–Crippen MR) is 154 cm³/mol. The lowest BCUT2D eigenvalue weighted by Gasteiger charge is -2.17. The van der Waals surface area contributed by atoms with Crippen molar-refractivity contribution in [1.29, 1.82) is 0 Å². The van der Waals surface area contributed by atoms with Crippen molar-refractivity contribution < 1.29 is 18.7 Å². The van der Waals surface area contributed by atoms with Crippen molar-refractivity contribution in [2.24, 2.45) is 0 Å². The van der Waals surface area contributed by atoms with E-state index in [1.165, 1.54) is 17.7 Å². The van der Waals surface area contributed by atoms with E-state index in [0.717, 1.165) is 27.7 Å². The van der Waals surface area contributed by atoms with Gasteiger partial charge in [-0.15, -0.1) is 0 Å². The number of hydrogen-bond acceptors (Lipinski definition) is 3. The van der Waals surface area contributed by atoms with E-state index in [1.54, 1.807) is 13.0 Å². The molecule has 0 saturated carbocycles. The Labute approximate surface area is 233 Å². The number of aryl methyl sites for hydroxylation is 1. The van der Waals surface area contributed by atoms with E-state index < -0.39 is 11.9 Å². The molecule has 0 aliphatic rings. The van der Waals surface area contributed by atoms with Gasteiger partial charge in [-0.3, -0.25) is 9.59 Å². The largest absolute Gasteiger partial charge is 0.482 e. The highest BCUT2D eigenvalue weighted by Gasteiger charge is 2.19. The number of fused-ring (bicyclic) bond motifs is 1. The van der Waals surface area contributed by atoms with E-state index in [0.29, 0.717) is 23.3 Å². The maximum absolute atomic E-state index is 14.9. The first-order valence-corrected chi connectivity index (χ1v) is 13.5. The Morgan fingerprint density at radius 2 is 1.77 bits per heavy atom. The van der Waals surface area contributed by atoms with E-state index in [2.05, 4.69) is 31.3 Å². The van der Waals surface area contributed by atoms with Crippen molar-refractivity contribution in [3.63, 3.8) is 0 Å². The first kappa shape index (κ1) is 28.4. The van der Waals surface area contributed by atoms with Gasteiger partial charge in [0.2, 0.25) is 0 Å². The average Bonchev–Trinajstić information content (AvgIpc) is 3.15. The zero-order valence-electron chi connectivity index (χ0n) is 23.1. The summed E-state index contributed by atoms with van der Waals surface area (Å²) in [5.74, 6) is 0.0481. The Hall–Kier alpha value is -3.64. The van der Waals surface area contributed by atoms with Crippen molar-refractivity contribution in [2.75, 3.05) is 0 Å². The van der Waals surface area contributed by atoms with Crippen molar-refractivity contribution in [1.82, 2.24) is 9.88 Å². The third-order valence-electron chi connectivity index (χ3n) is 7.26. The van der Waals surface area contributed by atoms with Gasteiger partial charge < -0.3 is 14.6 Å². The number of rotatable bonds is 9. The third kappa shape index (κ3) is 6.01. The summed E-state index contributed by atoms with van der Waals surface area (Å²) >= 11 is 6.15. The number of nitrogens with zero attached hydrogens (tertiary/aromatic N) is 1. The molecule has 0 aliphatic heterocycles. The molecule has 39 heavy (non-hydrogen) atoms. The fourth-order valence-electron chi connectivity index (χ4n) is 4.73. The molecule has 0 radical (unpaired) electrons. The van der Waals surface area contributed by atoms with Crippen LogP contribution in [0.3, 0.4) is 0 Å². The Morgan fingerprint density at radius 1 is 1.05 bits per heavy atom. The molecule has 3 aromatic carbocycles. The van der Waals surface area contributed by atoms with Gasteiger partial charge in [0.15, 0.2) is 12.4 Å². The molecule has 0 unspecified atom stereocenters. The highest BCUT2D eigenvalue weighted by molar-refractivity contribution is 6.32. The molecular weight excluding hydrogens is 515 g/mol. The summed E-state index contributed by atoms with van der Waals surface area (Å²) in [5, 5.41) is 4.15. The zero-order valence-corrected chi connectivity index (χ0v) is 23.9. The van der Waals surface area contributed by atoms with Crippen LogP contribution in [0.5, 0.6) is 5.75 Å². The maximum Gasteiger partial charge on any atom is 0.251 e. The number of carbonyl (C=O) groups excluding carboxylic acids is 2. The minimum absolute atomic E-state index is 0.107. The van der Waals surface area contributed by atoms with E-state index in [9.17, 15) is 14.0 Å². The van der Waals surface area contributed by atoms with E-state index in [-0.39, 0.29) is 29.3 Å². The summed E-state index contributed by atoms with van der Waals surface area (Å²) < 4.78 is 22.5. The lowest BCUT2D eigenvalue weighted by molar-refractivity contribution is -0.113. The summed E-state index contributed by atoms with van der Waals surface area (Å²) in [6.07, 6.45) is -0.0487. The van der Waals surface area contributed by atoms with Crippen LogP contribution in [-0.2, 0) is 11.3 Å². The van der Waals surface area contributed by atoms with Gasteiger partial charge in [0.25, 0.3) is 5.91 Å². The molecule has 4 aromatic rings. The molecule has 1 aromatic heterocycles. The van der Waals surface area contributed by atoms with Crippen LogP contribution < -0.4 is 10.1 Å². The molecule has 0 spiro atoms. The van der Waals surface area contributed by atoms with Gasteiger partial charge in [-0.2, -0.15) is 0 Å². The van der Waals surface area contributed by atoms with Crippen LogP contribution in [-0.4, -0.2) is 22.9 Å². The molecule has 0 fully saturated rings. The summed E-state index contributed by atoms with van der Waals surface area (Å²) in [6.45, 7) is 12.1. The molecule has 7 heteroatoms. The first-order chi connectivity index (χ1) is 18.5. The first-order valence-electron chi connectivity index (χ1n) is 13.1. The van der Waals surface area contributed by atoms with Gasteiger partial charge in [-0.25, -0.2) is 4.39 Å². The van der Waals surface area contributed by atoms with Crippen LogP contribution in [0.2, 0.25) is 5.02 Å². The number of nitrogens with one attached hydrogen (secondary N) is 1. The number of carbonyl (C=O) groups is 2. The Bertz CT molecular complexity index is 1540. The highest BCUT2D eigenvalue weighted by atomic mass is 35.5. The van der Waals surface area contributed by atoms with E-state index >= 15 is 0 Å². The average molecular weight is 549 g/mol. The van der Waals surface area contributed by atoms with Crippen LogP contribution >= 0.6 is 11.6 Å². The quantitative estimate of drug-likeness (QED) is 0.218. The van der Waals surface area contributed by atoms with Gasteiger partial charge in [-0.05, 0) is 80.6 Å². The predicted octanol–water partition coefficient (Wildman–Crippen LogP) is 7.68. The molecule has 0 bridgehead atoms. The van der Waals surface area contributed by atoms with Gasteiger partial charge >= 0.3 is 0 Å². The number of aromatic nitrogens is 1. The standard InChI is InChI=1S/C32H34ClFN2O3/c1-18(2)23-8-7-9-24(12-23)21(5)35-32(38)25-10-11-30-27(13-25)20(4)22(6)36(30)16-26-14-31(39-19(3)17-37)28(33)15-29(26)34/h7-15,17-19,21H,16H2,1-6H3,(H,35,38)/t19-,21-/m0/s1. The Kier molecular flexibility index (Phi) is 8.45. The summed E-state index contributed by atoms with van der Waals surface area (Å²) in [7, 11) is 0. The van der Waals surface area contributed by atoms with Crippen LogP contribution in [0, 0.1) is 19.7 Å². The molecule has 4 rings (SSSR count). The van der Waals surface area contributed by atoms with Crippen LogP contribution in [0.1, 0.15) is 78.0 Å². The molecule has 204 valence electrons. The number of aldehydes is 1. The molecule has 1 amide bonds. The number of halogens is 2. The molecule has 5 nitrogen and oxygen atoms in total. The second-order valence-electron chi connectivity index (χ2n) is 10.4. The summed E-state index contributed by atoms with van der Waals surface area (Å²) in [6, 6.07) is 16.5. The highest BCUT2D eigenvalue weighted by Crippen LogP contribution is 2.32. The fraction of sp³-hybridized carbons (Fsp3) is 0.312. The lowest BCUT2D eigenvalue weighted by atomic mass is 9.98. The van der Waals surface area contributed by atoms with E-state index in [1.807, 2.05) is 49.6 Å². The maximum atomic E-state index is 14.9. The molecule has 1 N–H and O–H groups in total. The topological polar surface area (TPSA) is 60.3 Å². The summed E-state index contributed by atoms with van der Waals surface area (Å²) in [4.78, 5) is 24.2. The molecule has 0 aliphatic carbocycles. The summed E-state index contributed by atoms with van der Waals surface area (Å²) in [5.41, 5.74) is 6.09. The SMILES string of the molecule is Cc1c(C)n(Cc2cc(O[C@@H](C)C=O)c(Cl)cc2F)c2ccc(C(=O)N[C@@H](C)c3cccc(C(C)C)c3)cc12. The smallest absolute Gasteiger partial charge is 0.251 e. The van der Waals surface area contributed by atoms with Crippen molar-refractivity contribution in [3.8, 4) is 5.75 Å². The Balaban J connectivity index is 1.61. The van der Waals surface area contributed by atoms with E-state index in [4.69, 9.17) is 16.3 Å². The fourth-order valence-corrected chi connectivity index (χ4v) is 4.92. The zero-order chi connectivity index (χ0) is 28.4. The van der Waals surface area contributed by atoms with Gasteiger partial charge in [0.1, 0.15) is 11.6 Å². The van der Waals surface area contributed by atoms with Gasteiger partial charge in [-0.1, -0.05) is 49.7 Å². The Morgan fingerprint density at radius 3 is 2.46 bits per heavy atom. The second kappa shape index (κ2) is 11.6. The molecule has 1 heterocycles. The molecule has 2 atom stereocenters. The lowest BCUT2D eigenvalue weighted by Crippen LogP contribution is -2.26. The molecule has 0 saturated heterocycles. The minimum atomic E-state index is -0.705. The van der Waals surface area contributed by atoms with Crippen LogP contribution in [0.25, 0.3) is 10.9 Å². The van der Waals surface area contributed by atoms with Crippen molar-refractivity contribution in [3.05, 3.63) is 98.9 Å². The van der Waals surface area contributed by atoms with Crippen molar-refractivity contribution >= 4 is 34.7 Å². The number of amides is 1. The van der Waals surface area contributed by atoms with Crippen LogP contribution in [0.4, 0.5) is 4.39 Å². The second-order valence-corrected chi connectivity index (χ2v) is 10.8. The normalized spacial score (nSPS) is 12.9. The monoisotopic (exact) mass is 548 g/mol. The number of ether oxygens (including phenoxy) is 1.